The zero-order valence-electron chi connectivity index (χ0n) is 9.54. The highest BCUT2D eigenvalue weighted by Gasteiger charge is 2.30. The van der Waals surface area contributed by atoms with E-state index in [4.69, 9.17) is 10.8 Å². The Balaban J connectivity index is 2.58. The van der Waals surface area contributed by atoms with Gasteiger partial charge in [-0.2, -0.15) is 5.10 Å². The van der Waals surface area contributed by atoms with Crippen molar-refractivity contribution in [2.24, 2.45) is 12.8 Å². The third-order valence-corrected chi connectivity index (χ3v) is 3.33. The molecule has 1 heterocycles. The molecule has 0 aliphatic rings. The summed E-state index contributed by atoms with van der Waals surface area (Å²) >= 11 is 1.47. The Hall–Kier alpha value is -1.08. The van der Waals surface area contributed by atoms with Gasteiger partial charge in [-0.1, -0.05) is 18.7 Å². The molecule has 1 rings (SSSR count). The van der Waals surface area contributed by atoms with E-state index in [0.29, 0.717) is 6.42 Å². The Morgan fingerprint density at radius 3 is 2.88 bits per heavy atom. The number of aromatic nitrogens is 3. The topological polar surface area (TPSA) is 94.0 Å². The van der Waals surface area contributed by atoms with Crippen molar-refractivity contribution < 1.29 is 9.90 Å². The van der Waals surface area contributed by atoms with E-state index >= 15 is 0 Å². The van der Waals surface area contributed by atoms with Crippen molar-refractivity contribution in [3.05, 3.63) is 6.33 Å². The maximum atomic E-state index is 10.9. The Morgan fingerprint density at radius 2 is 2.44 bits per heavy atom. The molecule has 2 unspecified atom stereocenters. The molecule has 0 spiro atoms. The second-order valence-electron chi connectivity index (χ2n) is 4.02. The van der Waals surface area contributed by atoms with Crippen molar-refractivity contribution in [3.8, 4) is 0 Å². The van der Waals surface area contributed by atoms with Gasteiger partial charge in [0.1, 0.15) is 11.9 Å². The molecule has 0 aromatic carbocycles. The number of thioether (sulfide) groups is 1. The molecule has 0 aliphatic heterocycles. The smallest absolute Gasteiger partial charge is 0.323 e. The quantitative estimate of drug-likeness (QED) is 0.732. The van der Waals surface area contributed by atoms with Crippen molar-refractivity contribution in [2.45, 2.75) is 36.2 Å². The number of aliphatic carboxylic acids is 1. The molecule has 0 fully saturated rings. The van der Waals surface area contributed by atoms with Crippen LogP contribution in [0, 0.1) is 0 Å². The van der Waals surface area contributed by atoms with Gasteiger partial charge in [0.25, 0.3) is 0 Å². The lowest BCUT2D eigenvalue weighted by molar-refractivity contribution is -0.142. The number of carboxylic acids is 1. The van der Waals surface area contributed by atoms with E-state index in [1.807, 2.05) is 6.92 Å². The largest absolute Gasteiger partial charge is 0.480 e. The Kier molecular flexibility index (Phi) is 3.93. The molecule has 3 N–H and O–H groups in total. The Morgan fingerprint density at radius 1 is 1.81 bits per heavy atom. The second-order valence-corrected chi connectivity index (χ2v) is 5.43. The van der Waals surface area contributed by atoms with Crippen LogP contribution in [-0.4, -0.2) is 36.6 Å². The van der Waals surface area contributed by atoms with Crippen molar-refractivity contribution in [3.63, 3.8) is 0 Å². The van der Waals surface area contributed by atoms with Crippen LogP contribution >= 0.6 is 11.8 Å². The molecule has 16 heavy (non-hydrogen) atoms. The molecule has 90 valence electrons. The van der Waals surface area contributed by atoms with Gasteiger partial charge in [-0.05, 0) is 13.3 Å². The summed E-state index contributed by atoms with van der Waals surface area (Å²) in [4.78, 5) is 14.9. The van der Waals surface area contributed by atoms with Crippen LogP contribution in [0.15, 0.2) is 11.5 Å². The maximum absolute atomic E-state index is 10.9. The summed E-state index contributed by atoms with van der Waals surface area (Å²) in [5.41, 5.74) is 4.47. The molecule has 2 atom stereocenters. The number of nitrogens with two attached hydrogens (primary N) is 1. The van der Waals surface area contributed by atoms with Crippen LogP contribution in [0.3, 0.4) is 0 Å². The van der Waals surface area contributed by atoms with Gasteiger partial charge in [-0.3, -0.25) is 4.79 Å². The summed E-state index contributed by atoms with van der Waals surface area (Å²) in [7, 11) is 1.79. The van der Waals surface area contributed by atoms with E-state index in [1.165, 1.54) is 25.0 Å². The van der Waals surface area contributed by atoms with E-state index < -0.39 is 11.5 Å². The van der Waals surface area contributed by atoms with Crippen LogP contribution in [0.1, 0.15) is 20.3 Å². The summed E-state index contributed by atoms with van der Waals surface area (Å²) in [5.74, 6) is -0.988. The second kappa shape index (κ2) is 4.84. The first kappa shape index (κ1) is 13.0. The summed E-state index contributed by atoms with van der Waals surface area (Å²) in [6.45, 7) is 3.44. The van der Waals surface area contributed by atoms with Crippen molar-refractivity contribution in [2.75, 3.05) is 0 Å². The highest BCUT2D eigenvalue weighted by molar-refractivity contribution is 7.99. The van der Waals surface area contributed by atoms with Gasteiger partial charge < -0.3 is 10.8 Å². The fourth-order valence-electron chi connectivity index (χ4n) is 1.30. The highest BCUT2D eigenvalue weighted by Crippen LogP contribution is 2.25. The molecule has 7 heteroatoms. The molecule has 0 aliphatic carbocycles. The van der Waals surface area contributed by atoms with Crippen LogP contribution in [0.25, 0.3) is 0 Å². The van der Waals surface area contributed by atoms with Gasteiger partial charge in [0, 0.05) is 12.3 Å². The lowest BCUT2D eigenvalue weighted by atomic mass is 9.98. The third-order valence-electron chi connectivity index (χ3n) is 2.18. The SMILES string of the molecule is CC(CC(C)(N)C(=O)O)Sc1ncnn1C. The molecular formula is C9H16N4O2S. The van der Waals surface area contributed by atoms with Gasteiger partial charge in [-0.25, -0.2) is 9.67 Å². The minimum Gasteiger partial charge on any atom is -0.480 e. The number of carbonyl (C=O) groups is 1. The van der Waals surface area contributed by atoms with E-state index in [9.17, 15) is 4.79 Å². The van der Waals surface area contributed by atoms with E-state index in [0.717, 1.165) is 5.16 Å². The van der Waals surface area contributed by atoms with Gasteiger partial charge in [0.05, 0.1) is 0 Å². The molecule has 0 saturated carbocycles. The van der Waals surface area contributed by atoms with Crippen LogP contribution in [0.5, 0.6) is 0 Å². The summed E-state index contributed by atoms with van der Waals surface area (Å²) in [6.07, 6.45) is 1.84. The molecule has 1 aromatic heterocycles. The lowest BCUT2D eigenvalue weighted by Gasteiger charge is -2.22. The molecule has 6 nitrogen and oxygen atoms in total. The lowest BCUT2D eigenvalue weighted by Crippen LogP contribution is -2.46. The van der Waals surface area contributed by atoms with Crippen molar-refractivity contribution in [1.82, 2.24) is 14.8 Å². The monoisotopic (exact) mass is 244 g/mol. The summed E-state index contributed by atoms with van der Waals surface area (Å²) in [5, 5.41) is 13.7. The summed E-state index contributed by atoms with van der Waals surface area (Å²) < 4.78 is 1.65. The first-order valence-corrected chi connectivity index (χ1v) is 5.74. The van der Waals surface area contributed by atoms with E-state index in [-0.39, 0.29) is 5.25 Å². The highest BCUT2D eigenvalue weighted by atomic mass is 32.2. The minimum absolute atomic E-state index is 0.0639. The minimum atomic E-state index is -1.20. The predicted octanol–water partition coefficient (Wildman–Crippen LogP) is 0.488. The van der Waals surface area contributed by atoms with Gasteiger partial charge >= 0.3 is 5.97 Å². The number of rotatable bonds is 5. The first-order valence-electron chi connectivity index (χ1n) is 4.86. The third kappa shape index (κ3) is 3.21. The Labute approximate surface area is 98.2 Å². The molecule has 1 aromatic rings. The normalized spacial score (nSPS) is 16.8. The number of nitrogens with zero attached hydrogens (tertiary/aromatic N) is 3. The molecular weight excluding hydrogens is 228 g/mol. The Bertz CT molecular complexity index is 377. The van der Waals surface area contributed by atoms with E-state index in [1.54, 1.807) is 11.7 Å². The number of hydrogen-bond donors (Lipinski definition) is 2. The van der Waals surface area contributed by atoms with Crippen LogP contribution in [-0.2, 0) is 11.8 Å². The molecule has 0 radical (unpaired) electrons. The molecule has 0 bridgehead atoms. The van der Waals surface area contributed by atoms with Gasteiger partial charge in [0.15, 0.2) is 5.16 Å². The standard InChI is InChI=1S/C9H16N4O2S/c1-6(4-9(2,10)7(14)15)16-8-11-5-12-13(8)3/h5-6H,4,10H2,1-3H3,(H,14,15). The van der Waals surface area contributed by atoms with Crippen molar-refractivity contribution in [1.29, 1.82) is 0 Å². The number of hydrogen-bond acceptors (Lipinski definition) is 5. The van der Waals surface area contributed by atoms with Crippen LogP contribution < -0.4 is 5.73 Å². The van der Waals surface area contributed by atoms with Gasteiger partial charge in [-0.15, -0.1) is 0 Å². The summed E-state index contributed by atoms with van der Waals surface area (Å²) in [6, 6.07) is 0. The molecule has 0 saturated heterocycles. The fraction of sp³-hybridized carbons (Fsp3) is 0.667. The first-order chi connectivity index (χ1) is 7.33. The van der Waals surface area contributed by atoms with Crippen LogP contribution in [0.2, 0.25) is 0 Å². The number of carboxylic acid groups (broad SMARTS) is 1. The zero-order chi connectivity index (χ0) is 12.3. The van der Waals surface area contributed by atoms with Gasteiger partial charge in [0.2, 0.25) is 0 Å². The number of aryl methyl sites for hydroxylation is 1. The predicted molar refractivity (Wildman–Crippen MR) is 61.2 cm³/mol. The average molecular weight is 244 g/mol. The van der Waals surface area contributed by atoms with Crippen molar-refractivity contribution >= 4 is 17.7 Å². The van der Waals surface area contributed by atoms with Crippen LogP contribution in [0.4, 0.5) is 0 Å². The fourth-order valence-corrected chi connectivity index (χ4v) is 2.40. The average Bonchev–Trinajstić information content (AvgIpc) is 2.50. The maximum Gasteiger partial charge on any atom is 0.323 e. The zero-order valence-corrected chi connectivity index (χ0v) is 10.4. The van der Waals surface area contributed by atoms with E-state index in [2.05, 4.69) is 10.1 Å². The molecule has 0 amide bonds.